The molecule has 0 aliphatic carbocycles. The molecule has 0 aliphatic heterocycles. The van der Waals surface area contributed by atoms with Gasteiger partial charge in [0.25, 0.3) is 0 Å². The summed E-state index contributed by atoms with van der Waals surface area (Å²) in [5.41, 5.74) is 1.34. The fraction of sp³-hybridized carbons (Fsp3) is 0.444. The van der Waals surface area contributed by atoms with Gasteiger partial charge in [-0.2, -0.15) is 0 Å². The van der Waals surface area contributed by atoms with Gasteiger partial charge in [-0.15, -0.1) is 23.1 Å². The van der Waals surface area contributed by atoms with Crippen molar-refractivity contribution in [1.29, 1.82) is 0 Å². The third kappa shape index (κ3) is 5.50. The highest BCUT2D eigenvalue weighted by molar-refractivity contribution is 7.99. The van der Waals surface area contributed by atoms with E-state index in [-0.39, 0.29) is 0 Å². The number of likely N-dealkylation sites (N-methyl/N-ethyl adjacent to an activating group) is 1. The summed E-state index contributed by atoms with van der Waals surface area (Å²) in [6, 6.07) is 13.9. The highest BCUT2D eigenvalue weighted by atomic mass is 32.2. The fourth-order valence-electron chi connectivity index (χ4n) is 2.35. The van der Waals surface area contributed by atoms with Crippen LogP contribution in [-0.4, -0.2) is 18.3 Å². The van der Waals surface area contributed by atoms with Crippen LogP contribution < -0.4 is 5.32 Å². The van der Waals surface area contributed by atoms with Gasteiger partial charge in [0.1, 0.15) is 0 Å². The van der Waals surface area contributed by atoms with E-state index >= 15 is 0 Å². The summed E-state index contributed by atoms with van der Waals surface area (Å²) in [6.45, 7) is 7.61. The average Bonchev–Trinajstić information content (AvgIpc) is 2.93. The van der Waals surface area contributed by atoms with Crippen LogP contribution >= 0.6 is 23.1 Å². The van der Waals surface area contributed by atoms with Gasteiger partial charge in [-0.1, -0.05) is 31.5 Å². The maximum absolute atomic E-state index is 3.63. The number of hydrogen-bond acceptors (Lipinski definition) is 3. The molecule has 0 radical (unpaired) electrons. The zero-order valence-corrected chi connectivity index (χ0v) is 14.8. The minimum Gasteiger partial charge on any atom is -0.313 e. The second-order valence-electron chi connectivity index (χ2n) is 5.31. The molecule has 1 aromatic heterocycles. The van der Waals surface area contributed by atoms with Crippen LogP contribution in [0.3, 0.4) is 0 Å². The quantitative estimate of drug-likeness (QED) is 0.692. The van der Waals surface area contributed by atoms with Gasteiger partial charge < -0.3 is 5.32 Å². The van der Waals surface area contributed by atoms with Crippen molar-refractivity contribution in [1.82, 2.24) is 5.32 Å². The largest absolute Gasteiger partial charge is 0.313 e. The highest BCUT2D eigenvalue weighted by Gasteiger charge is 2.11. The number of thioether (sulfide) groups is 1. The fourth-order valence-corrected chi connectivity index (χ4v) is 4.46. The van der Waals surface area contributed by atoms with E-state index in [0.29, 0.717) is 6.04 Å². The van der Waals surface area contributed by atoms with E-state index in [0.717, 1.165) is 25.1 Å². The zero-order valence-electron chi connectivity index (χ0n) is 13.2. The van der Waals surface area contributed by atoms with Crippen LogP contribution in [0.25, 0.3) is 0 Å². The number of thiophene rings is 1. The van der Waals surface area contributed by atoms with Crippen LogP contribution in [0.4, 0.5) is 0 Å². The lowest BCUT2D eigenvalue weighted by molar-refractivity contribution is 0.576. The Morgan fingerprint density at radius 1 is 1.14 bits per heavy atom. The van der Waals surface area contributed by atoms with Gasteiger partial charge >= 0.3 is 0 Å². The minimum atomic E-state index is 0.545. The molecule has 2 rings (SSSR count). The maximum atomic E-state index is 3.63. The molecule has 0 saturated heterocycles. The van der Waals surface area contributed by atoms with Crippen molar-refractivity contribution in [3.8, 4) is 0 Å². The molecule has 1 atom stereocenters. The van der Waals surface area contributed by atoms with Gasteiger partial charge in [0.2, 0.25) is 0 Å². The summed E-state index contributed by atoms with van der Waals surface area (Å²) >= 11 is 3.92. The van der Waals surface area contributed by atoms with Crippen molar-refractivity contribution in [3.05, 3.63) is 51.7 Å². The summed E-state index contributed by atoms with van der Waals surface area (Å²) in [5, 5.41) is 3.63. The zero-order chi connectivity index (χ0) is 15.1. The normalized spacial score (nSPS) is 12.5. The number of hydrogen-bond donors (Lipinski definition) is 1. The predicted molar refractivity (Wildman–Crippen MR) is 96.8 cm³/mol. The molecule has 2 aromatic rings. The monoisotopic (exact) mass is 319 g/mol. The molecule has 3 heteroatoms. The van der Waals surface area contributed by atoms with E-state index in [9.17, 15) is 0 Å². The van der Waals surface area contributed by atoms with Gasteiger partial charge in [-0.05, 0) is 50.6 Å². The molecule has 0 bridgehead atoms. The smallest absolute Gasteiger partial charge is 0.0209 e. The molecule has 0 saturated carbocycles. The Morgan fingerprint density at radius 2 is 1.95 bits per heavy atom. The lowest BCUT2D eigenvalue weighted by Gasteiger charge is -2.17. The number of benzene rings is 1. The summed E-state index contributed by atoms with van der Waals surface area (Å²) in [7, 11) is 0. The molecule has 1 nitrogen and oxygen atoms in total. The van der Waals surface area contributed by atoms with Crippen molar-refractivity contribution in [2.45, 2.75) is 44.6 Å². The molecule has 0 fully saturated rings. The van der Waals surface area contributed by atoms with Crippen LogP contribution in [0.5, 0.6) is 0 Å². The van der Waals surface area contributed by atoms with Crippen LogP contribution in [0.1, 0.15) is 29.2 Å². The molecule has 1 aromatic carbocycles. The first-order chi connectivity index (χ1) is 10.2. The first kappa shape index (κ1) is 16.6. The van der Waals surface area contributed by atoms with E-state index in [2.05, 4.69) is 62.5 Å². The molecule has 0 aliphatic rings. The first-order valence-corrected chi connectivity index (χ1v) is 9.52. The lowest BCUT2D eigenvalue weighted by Crippen LogP contribution is -2.32. The van der Waals surface area contributed by atoms with Gasteiger partial charge in [0, 0.05) is 26.4 Å². The number of rotatable bonds is 8. The topological polar surface area (TPSA) is 12.0 Å². The second kappa shape index (κ2) is 8.62. The van der Waals surface area contributed by atoms with E-state index in [4.69, 9.17) is 0 Å². The SMILES string of the molecule is CCNC(CSc1cccc(C)c1)Cc1ccc(CC)s1. The van der Waals surface area contributed by atoms with Crippen molar-refractivity contribution >= 4 is 23.1 Å². The minimum absolute atomic E-state index is 0.545. The van der Waals surface area contributed by atoms with Gasteiger partial charge in [-0.25, -0.2) is 0 Å². The van der Waals surface area contributed by atoms with Crippen molar-refractivity contribution in [2.24, 2.45) is 0 Å². The second-order valence-corrected chi connectivity index (χ2v) is 7.65. The van der Waals surface area contributed by atoms with Crippen LogP contribution in [0, 0.1) is 6.92 Å². The van der Waals surface area contributed by atoms with E-state index in [1.54, 1.807) is 0 Å². The molecule has 0 amide bonds. The molecule has 21 heavy (non-hydrogen) atoms. The molecule has 114 valence electrons. The van der Waals surface area contributed by atoms with Gasteiger partial charge in [0.15, 0.2) is 0 Å². The van der Waals surface area contributed by atoms with Gasteiger partial charge in [0.05, 0.1) is 0 Å². The molecule has 1 unspecified atom stereocenters. The Morgan fingerprint density at radius 3 is 2.62 bits per heavy atom. The molecule has 0 spiro atoms. The van der Waals surface area contributed by atoms with Crippen LogP contribution in [-0.2, 0) is 12.8 Å². The Kier molecular flexibility index (Phi) is 6.81. The Labute approximate surface area is 137 Å². The van der Waals surface area contributed by atoms with E-state index in [1.165, 1.54) is 20.2 Å². The molecular formula is C18H25NS2. The van der Waals surface area contributed by atoms with Gasteiger partial charge in [-0.3, -0.25) is 0 Å². The summed E-state index contributed by atoms with van der Waals surface area (Å²) < 4.78 is 0. The van der Waals surface area contributed by atoms with E-state index in [1.807, 2.05) is 23.1 Å². The standard InChI is InChI=1S/C18H25NS2/c1-4-16-9-10-18(21-16)12-15(19-5-2)13-20-17-8-6-7-14(3)11-17/h6-11,15,19H,4-5,12-13H2,1-3H3. The number of aryl methyl sites for hydroxylation is 2. The van der Waals surface area contributed by atoms with E-state index < -0.39 is 0 Å². The Hall–Kier alpha value is -0.770. The summed E-state index contributed by atoms with van der Waals surface area (Å²) in [5.74, 6) is 1.12. The van der Waals surface area contributed by atoms with Crippen LogP contribution in [0.2, 0.25) is 0 Å². The third-order valence-corrected chi connectivity index (χ3v) is 5.86. The number of nitrogens with one attached hydrogen (secondary N) is 1. The predicted octanol–water partition coefficient (Wildman–Crippen LogP) is 4.93. The maximum Gasteiger partial charge on any atom is 0.0209 e. The van der Waals surface area contributed by atoms with Crippen molar-refractivity contribution in [3.63, 3.8) is 0 Å². The Bertz CT molecular complexity index is 548. The molecular weight excluding hydrogens is 294 g/mol. The van der Waals surface area contributed by atoms with Crippen molar-refractivity contribution in [2.75, 3.05) is 12.3 Å². The summed E-state index contributed by atoms with van der Waals surface area (Å²) in [6.07, 6.45) is 2.28. The average molecular weight is 320 g/mol. The summed E-state index contributed by atoms with van der Waals surface area (Å²) in [4.78, 5) is 4.37. The highest BCUT2D eigenvalue weighted by Crippen LogP contribution is 2.23. The molecule has 1 N–H and O–H groups in total. The Balaban J connectivity index is 1.92. The first-order valence-electron chi connectivity index (χ1n) is 7.71. The third-order valence-electron chi connectivity index (χ3n) is 3.45. The lowest BCUT2D eigenvalue weighted by atomic mass is 10.2. The van der Waals surface area contributed by atoms with Crippen molar-refractivity contribution < 1.29 is 0 Å². The van der Waals surface area contributed by atoms with Crippen LogP contribution in [0.15, 0.2) is 41.3 Å². The molecule has 1 heterocycles.